The minimum Gasteiger partial charge on any atom is -0.497 e. The normalized spacial score (nSPS) is 12.0. The standard InChI is InChI=1S/C24H27NO3/c1-27-23-14-12-21(13-15-23)17-25(16-20-8-4-2-5-9-20)18-22(26)19-28-24-10-6-3-7-11-24/h2-15,22,26H,16-19H2,1H3/t22-/m0/s1. The van der Waals surface area contributed by atoms with Gasteiger partial charge in [0.05, 0.1) is 7.11 Å². The second-order valence-electron chi connectivity index (χ2n) is 6.78. The molecule has 0 aliphatic rings. The Bertz CT molecular complexity index is 806. The summed E-state index contributed by atoms with van der Waals surface area (Å²) >= 11 is 0. The van der Waals surface area contributed by atoms with Gasteiger partial charge in [-0.1, -0.05) is 60.7 Å². The topological polar surface area (TPSA) is 41.9 Å². The summed E-state index contributed by atoms with van der Waals surface area (Å²) in [5, 5.41) is 10.5. The van der Waals surface area contributed by atoms with Crippen LogP contribution in [-0.2, 0) is 13.1 Å². The van der Waals surface area contributed by atoms with Gasteiger partial charge in [-0.15, -0.1) is 0 Å². The first-order chi connectivity index (χ1) is 13.7. The number of para-hydroxylation sites is 1. The van der Waals surface area contributed by atoms with E-state index in [1.807, 2.05) is 60.7 Å². The van der Waals surface area contributed by atoms with E-state index in [4.69, 9.17) is 9.47 Å². The van der Waals surface area contributed by atoms with E-state index in [1.54, 1.807) is 7.11 Å². The van der Waals surface area contributed by atoms with Crippen molar-refractivity contribution < 1.29 is 14.6 Å². The third-order valence-corrected chi connectivity index (χ3v) is 4.47. The van der Waals surface area contributed by atoms with Crippen molar-refractivity contribution in [1.29, 1.82) is 0 Å². The van der Waals surface area contributed by atoms with Crippen LogP contribution in [0, 0.1) is 0 Å². The number of aliphatic hydroxyl groups excluding tert-OH is 1. The Morgan fingerprint density at radius 2 is 1.32 bits per heavy atom. The van der Waals surface area contributed by atoms with Gasteiger partial charge in [0, 0.05) is 19.6 Å². The summed E-state index contributed by atoms with van der Waals surface area (Å²) in [6, 6.07) is 27.9. The molecule has 0 saturated carbocycles. The second kappa shape index (κ2) is 10.5. The van der Waals surface area contributed by atoms with Crippen molar-refractivity contribution >= 4 is 0 Å². The minimum atomic E-state index is -0.581. The summed E-state index contributed by atoms with van der Waals surface area (Å²) in [7, 11) is 1.67. The SMILES string of the molecule is COc1ccc(CN(Cc2ccccc2)C[C@H](O)COc2ccccc2)cc1. The molecule has 0 heterocycles. The van der Waals surface area contributed by atoms with Gasteiger partial charge in [0.1, 0.15) is 24.2 Å². The molecule has 3 aromatic rings. The van der Waals surface area contributed by atoms with Crippen LogP contribution >= 0.6 is 0 Å². The third-order valence-electron chi connectivity index (χ3n) is 4.47. The lowest BCUT2D eigenvalue weighted by Gasteiger charge is -2.25. The molecule has 1 N–H and O–H groups in total. The predicted molar refractivity (Wildman–Crippen MR) is 111 cm³/mol. The monoisotopic (exact) mass is 377 g/mol. The van der Waals surface area contributed by atoms with E-state index in [9.17, 15) is 5.11 Å². The van der Waals surface area contributed by atoms with Crippen molar-refractivity contribution in [2.45, 2.75) is 19.2 Å². The molecule has 0 bridgehead atoms. The molecule has 3 aromatic carbocycles. The maximum Gasteiger partial charge on any atom is 0.119 e. The number of benzene rings is 3. The maximum absolute atomic E-state index is 10.5. The summed E-state index contributed by atoms with van der Waals surface area (Å²) in [6.07, 6.45) is -0.581. The molecule has 0 fully saturated rings. The highest BCUT2D eigenvalue weighted by atomic mass is 16.5. The number of nitrogens with zero attached hydrogens (tertiary/aromatic N) is 1. The number of rotatable bonds is 10. The molecule has 1 atom stereocenters. The van der Waals surface area contributed by atoms with Gasteiger partial charge in [-0.05, 0) is 35.4 Å². The highest BCUT2D eigenvalue weighted by Crippen LogP contribution is 2.16. The van der Waals surface area contributed by atoms with E-state index in [1.165, 1.54) is 11.1 Å². The van der Waals surface area contributed by atoms with Crippen LogP contribution < -0.4 is 9.47 Å². The highest BCUT2D eigenvalue weighted by Gasteiger charge is 2.14. The van der Waals surface area contributed by atoms with Crippen molar-refractivity contribution in [1.82, 2.24) is 4.90 Å². The fourth-order valence-corrected chi connectivity index (χ4v) is 3.08. The van der Waals surface area contributed by atoms with E-state index in [2.05, 4.69) is 29.2 Å². The van der Waals surface area contributed by atoms with E-state index in [-0.39, 0.29) is 6.61 Å². The quantitative estimate of drug-likeness (QED) is 0.577. The molecule has 0 saturated heterocycles. The smallest absolute Gasteiger partial charge is 0.119 e. The first kappa shape index (κ1) is 19.9. The van der Waals surface area contributed by atoms with Gasteiger partial charge >= 0.3 is 0 Å². The molecule has 4 nitrogen and oxygen atoms in total. The van der Waals surface area contributed by atoms with Gasteiger partial charge in [-0.3, -0.25) is 4.90 Å². The van der Waals surface area contributed by atoms with E-state index in [0.717, 1.165) is 24.6 Å². The van der Waals surface area contributed by atoms with Crippen molar-refractivity contribution in [2.24, 2.45) is 0 Å². The Balaban J connectivity index is 1.62. The molecule has 28 heavy (non-hydrogen) atoms. The van der Waals surface area contributed by atoms with Crippen LogP contribution in [0.2, 0.25) is 0 Å². The fraction of sp³-hybridized carbons (Fsp3) is 0.250. The minimum absolute atomic E-state index is 0.262. The van der Waals surface area contributed by atoms with Crippen molar-refractivity contribution in [3.05, 3.63) is 96.1 Å². The van der Waals surface area contributed by atoms with E-state index < -0.39 is 6.10 Å². The van der Waals surface area contributed by atoms with Crippen molar-refractivity contribution in [3.8, 4) is 11.5 Å². The number of ether oxygens (including phenoxy) is 2. The summed E-state index contributed by atoms with van der Waals surface area (Å²) < 4.78 is 10.9. The van der Waals surface area contributed by atoms with Crippen molar-refractivity contribution in [3.63, 3.8) is 0 Å². The van der Waals surface area contributed by atoms with Crippen LogP contribution in [0.25, 0.3) is 0 Å². The lowest BCUT2D eigenvalue weighted by molar-refractivity contribution is 0.0628. The Kier molecular flexibility index (Phi) is 7.47. The van der Waals surface area contributed by atoms with Gasteiger partial charge in [-0.2, -0.15) is 0 Å². The molecule has 3 rings (SSSR count). The summed E-state index contributed by atoms with van der Waals surface area (Å²) in [6.45, 7) is 2.28. The fourth-order valence-electron chi connectivity index (χ4n) is 3.08. The number of hydrogen-bond donors (Lipinski definition) is 1. The first-order valence-corrected chi connectivity index (χ1v) is 9.48. The largest absolute Gasteiger partial charge is 0.497 e. The summed E-state index contributed by atoms with van der Waals surface area (Å²) in [5.41, 5.74) is 2.39. The van der Waals surface area contributed by atoms with Gasteiger partial charge in [0.25, 0.3) is 0 Å². The predicted octanol–water partition coefficient (Wildman–Crippen LogP) is 4.14. The van der Waals surface area contributed by atoms with Crippen LogP contribution in [-0.4, -0.2) is 36.4 Å². The highest BCUT2D eigenvalue weighted by molar-refractivity contribution is 5.27. The molecular formula is C24H27NO3. The van der Waals surface area contributed by atoms with Crippen LogP contribution in [0.1, 0.15) is 11.1 Å². The molecule has 0 aromatic heterocycles. The Morgan fingerprint density at radius 1 is 0.750 bits per heavy atom. The average molecular weight is 377 g/mol. The molecule has 0 spiro atoms. The second-order valence-corrected chi connectivity index (χ2v) is 6.78. The number of methoxy groups -OCH3 is 1. The Labute approximate surface area is 167 Å². The van der Waals surface area contributed by atoms with Crippen LogP contribution in [0.4, 0.5) is 0 Å². The molecule has 0 aliphatic heterocycles. The third kappa shape index (κ3) is 6.41. The lowest BCUT2D eigenvalue weighted by Crippen LogP contribution is -2.35. The molecule has 146 valence electrons. The van der Waals surface area contributed by atoms with Crippen molar-refractivity contribution in [2.75, 3.05) is 20.3 Å². The zero-order valence-electron chi connectivity index (χ0n) is 16.2. The molecule has 4 heteroatoms. The van der Waals surface area contributed by atoms with Gasteiger partial charge < -0.3 is 14.6 Å². The zero-order valence-corrected chi connectivity index (χ0v) is 16.2. The number of hydrogen-bond acceptors (Lipinski definition) is 4. The Hall–Kier alpha value is -2.82. The molecule has 0 aliphatic carbocycles. The van der Waals surface area contributed by atoms with Crippen LogP contribution in [0.15, 0.2) is 84.9 Å². The summed E-state index contributed by atoms with van der Waals surface area (Å²) in [4.78, 5) is 2.23. The van der Waals surface area contributed by atoms with Gasteiger partial charge in [0.2, 0.25) is 0 Å². The van der Waals surface area contributed by atoms with Gasteiger partial charge in [-0.25, -0.2) is 0 Å². The average Bonchev–Trinajstić information content (AvgIpc) is 2.74. The van der Waals surface area contributed by atoms with E-state index >= 15 is 0 Å². The van der Waals surface area contributed by atoms with Crippen LogP contribution in [0.3, 0.4) is 0 Å². The Morgan fingerprint density at radius 3 is 1.93 bits per heavy atom. The molecule has 0 amide bonds. The lowest BCUT2D eigenvalue weighted by atomic mass is 10.1. The summed E-state index contributed by atoms with van der Waals surface area (Å²) in [5.74, 6) is 1.61. The first-order valence-electron chi connectivity index (χ1n) is 9.48. The van der Waals surface area contributed by atoms with Gasteiger partial charge in [0.15, 0.2) is 0 Å². The molecule has 0 radical (unpaired) electrons. The number of aliphatic hydroxyl groups is 1. The van der Waals surface area contributed by atoms with Crippen LogP contribution in [0.5, 0.6) is 11.5 Å². The van der Waals surface area contributed by atoms with E-state index in [0.29, 0.717) is 6.54 Å². The maximum atomic E-state index is 10.5. The molecule has 0 unspecified atom stereocenters. The molecular weight excluding hydrogens is 350 g/mol. The zero-order chi connectivity index (χ0) is 19.6.